The van der Waals surface area contributed by atoms with Gasteiger partial charge in [-0.15, -0.1) is 0 Å². The highest BCUT2D eigenvalue weighted by Crippen LogP contribution is 2.32. The van der Waals surface area contributed by atoms with Crippen LogP contribution in [0.2, 0.25) is 0 Å². The minimum absolute atomic E-state index is 0.101. The van der Waals surface area contributed by atoms with Crippen LogP contribution in [-0.2, 0) is 9.53 Å². The van der Waals surface area contributed by atoms with E-state index in [9.17, 15) is 9.59 Å². The number of ether oxygens (including phenoxy) is 1. The molecule has 2 aliphatic rings. The van der Waals surface area contributed by atoms with Gasteiger partial charge in [-0.3, -0.25) is 4.79 Å². The fourth-order valence-corrected chi connectivity index (χ4v) is 3.65. The van der Waals surface area contributed by atoms with Crippen LogP contribution in [0.4, 0.5) is 4.79 Å². The monoisotopic (exact) mass is 325 g/mol. The summed E-state index contributed by atoms with van der Waals surface area (Å²) in [5.74, 6) is 0.571. The molecular formula is C17H31N3O3. The zero-order chi connectivity index (χ0) is 17.1. The van der Waals surface area contributed by atoms with E-state index in [1.165, 1.54) is 0 Å². The van der Waals surface area contributed by atoms with Crippen LogP contribution in [0.5, 0.6) is 0 Å². The lowest BCUT2D eigenvalue weighted by atomic mass is 9.81. The van der Waals surface area contributed by atoms with Crippen molar-refractivity contribution in [1.29, 1.82) is 0 Å². The van der Waals surface area contributed by atoms with E-state index in [1.54, 1.807) is 11.9 Å². The molecule has 1 atom stereocenters. The first kappa shape index (κ1) is 18.0. The van der Waals surface area contributed by atoms with E-state index in [1.807, 2.05) is 20.8 Å². The first-order valence-electron chi connectivity index (χ1n) is 8.71. The van der Waals surface area contributed by atoms with E-state index in [0.717, 1.165) is 38.6 Å². The number of carbonyl (C=O) groups is 2. The van der Waals surface area contributed by atoms with Crippen LogP contribution in [-0.4, -0.2) is 54.7 Å². The Balaban J connectivity index is 1.87. The molecule has 0 saturated carbocycles. The fraction of sp³-hybridized carbons (Fsp3) is 0.882. The van der Waals surface area contributed by atoms with Gasteiger partial charge in [0.1, 0.15) is 5.60 Å². The molecule has 2 N–H and O–H groups in total. The summed E-state index contributed by atoms with van der Waals surface area (Å²) in [6.07, 6.45) is 4.44. The summed E-state index contributed by atoms with van der Waals surface area (Å²) in [6.45, 7) is 7.99. The van der Waals surface area contributed by atoms with Crippen molar-refractivity contribution >= 4 is 12.0 Å². The Hall–Kier alpha value is -1.30. The van der Waals surface area contributed by atoms with E-state index >= 15 is 0 Å². The number of likely N-dealkylation sites (tertiary alicyclic amines) is 1. The number of hydrogen-bond acceptors (Lipinski definition) is 4. The van der Waals surface area contributed by atoms with Crippen molar-refractivity contribution in [3.05, 3.63) is 0 Å². The molecule has 23 heavy (non-hydrogen) atoms. The number of likely N-dealkylation sites (N-methyl/N-ethyl adjacent to an activating group) is 1. The van der Waals surface area contributed by atoms with Gasteiger partial charge >= 0.3 is 6.09 Å². The quantitative estimate of drug-likeness (QED) is 0.831. The average molecular weight is 325 g/mol. The maximum atomic E-state index is 12.3. The Morgan fingerprint density at radius 2 is 1.96 bits per heavy atom. The highest BCUT2D eigenvalue weighted by Gasteiger charge is 2.42. The molecule has 0 aromatic heterocycles. The summed E-state index contributed by atoms with van der Waals surface area (Å²) in [6, 6.07) is 0. The molecule has 0 radical (unpaired) electrons. The number of amides is 2. The largest absolute Gasteiger partial charge is 0.444 e. The first-order chi connectivity index (χ1) is 10.8. The predicted octanol–water partition coefficient (Wildman–Crippen LogP) is 1.89. The summed E-state index contributed by atoms with van der Waals surface area (Å²) < 4.78 is 5.43. The molecule has 6 nitrogen and oxygen atoms in total. The highest BCUT2D eigenvalue weighted by atomic mass is 16.6. The molecule has 2 amide bonds. The lowest BCUT2D eigenvalue weighted by molar-refractivity contribution is -0.127. The third-order valence-corrected chi connectivity index (χ3v) is 4.81. The molecule has 132 valence electrons. The van der Waals surface area contributed by atoms with Crippen molar-refractivity contribution in [2.45, 2.75) is 64.0 Å². The standard InChI is InChI=1S/C17H31N3O3/c1-16(2,3)23-15(22)20-10-6-13(7-11-20)12-17(14(21)18-4)8-5-9-19-17/h13,19H,5-12H2,1-4H3,(H,18,21)/t17-/m0/s1. The van der Waals surface area contributed by atoms with Crippen molar-refractivity contribution < 1.29 is 14.3 Å². The van der Waals surface area contributed by atoms with Crippen molar-refractivity contribution in [2.75, 3.05) is 26.7 Å². The van der Waals surface area contributed by atoms with Gasteiger partial charge in [0.15, 0.2) is 0 Å². The van der Waals surface area contributed by atoms with Crippen LogP contribution in [0.1, 0.15) is 52.9 Å². The summed E-state index contributed by atoms with van der Waals surface area (Å²) in [5, 5.41) is 6.22. The number of rotatable bonds is 3. The molecule has 6 heteroatoms. The third kappa shape index (κ3) is 4.59. The Bertz CT molecular complexity index is 431. The molecule has 0 aliphatic carbocycles. The lowest BCUT2D eigenvalue weighted by Crippen LogP contribution is -2.54. The minimum Gasteiger partial charge on any atom is -0.444 e. The van der Waals surface area contributed by atoms with Gasteiger partial charge in [-0.25, -0.2) is 4.79 Å². The zero-order valence-electron chi connectivity index (χ0n) is 14.9. The Kier molecular flexibility index (Phi) is 5.55. The second-order valence-corrected chi connectivity index (χ2v) is 7.81. The second kappa shape index (κ2) is 7.07. The molecule has 2 saturated heterocycles. The Labute approximate surface area is 139 Å². The van der Waals surface area contributed by atoms with Crippen LogP contribution in [0, 0.1) is 5.92 Å². The van der Waals surface area contributed by atoms with Gasteiger partial charge in [0.25, 0.3) is 0 Å². The lowest BCUT2D eigenvalue weighted by Gasteiger charge is -2.37. The molecule has 2 aliphatic heterocycles. The minimum atomic E-state index is -0.453. The maximum absolute atomic E-state index is 12.3. The SMILES string of the molecule is CNC(=O)[C@@]1(CC2CCN(C(=O)OC(C)(C)C)CC2)CCCN1. The van der Waals surface area contributed by atoms with E-state index in [0.29, 0.717) is 19.0 Å². The number of nitrogens with zero attached hydrogens (tertiary/aromatic N) is 1. The number of nitrogens with one attached hydrogen (secondary N) is 2. The van der Waals surface area contributed by atoms with E-state index in [-0.39, 0.29) is 12.0 Å². The van der Waals surface area contributed by atoms with Gasteiger partial charge in [-0.1, -0.05) is 0 Å². The van der Waals surface area contributed by atoms with Gasteiger partial charge in [0.2, 0.25) is 5.91 Å². The van der Waals surface area contributed by atoms with Crippen molar-refractivity contribution in [1.82, 2.24) is 15.5 Å². The summed E-state index contributed by atoms with van der Waals surface area (Å²) in [5.41, 5.74) is -0.863. The van der Waals surface area contributed by atoms with Gasteiger partial charge in [-0.05, 0) is 65.3 Å². The molecule has 0 aromatic carbocycles. The van der Waals surface area contributed by atoms with E-state index in [4.69, 9.17) is 4.74 Å². The van der Waals surface area contributed by atoms with Crippen LogP contribution >= 0.6 is 0 Å². The maximum Gasteiger partial charge on any atom is 0.410 e. The topological polar surface area (TPSA) is 70.7 Å². The van der Waals surface area contributed by atoms with E-state index < -0.39 is 11.1 Å². The van der Waals surface area contributed by atoms with E-state index in [2.05, 4.69) is 10.6 Å². The molecular weight excluding hydrogens is 294 g/mol. The van der Waals surface area contributed by atoms with Crippen LogP contribution < -0.4 is 10.6 Å². The molecule has 0 spiro atoms. The molecule has 2 fully saturated rings. The zero-order valence-corrected chi connectivity index (χ0v) is 14.9. The van der Waals surface area contributed by atoms with Gasteiger partial charge in [0.05, 0.1) is 5.54 Å². The predicted molar refractivity (Wildman–Crippen MR) is 89.2 cm³/mol. The number of carbonyl (C=O) groups excluding carboxylic acids is 2. The van der Waals surface area contributed by atoms with Crippen LogP contribution in [0.25, 0.3) is 0 Å². The van der Waals surface area contributed by atoms with Crippen LogP contribution in [0.3, 0.4) is 0 Å². The van der Waals surface area contributed by atoms with Gasteiger partial charge < -0.3 is 20.3 Å². The summed E-state index contributed by atoms with van der Waals surface area (Å²) >= 11 is 0. The number of piperidine rings is 1. The fourth-order valence-electron chi connectivity index (χ4n) is 3.65. The number of hydrogen-bond donors (Lipinski definition) is 2. The third-order valence-electron chi connectivity index (χ3n) is 4.81. The normalized spacial score (nSPS) is 26.2. The second-order valence-electron chi connectivity index (χ2n) is 7.81. The molecule has 0 unspecified atom stereocenters. The molecule has 0 aromatic rings. The first-order valence-corrected chi connectivity index (χ1v) is 8.71. The van der Waals surface area contributed by atoms with Crippen molar-refractivity contribution in [2.24, 2.45) is 5.92 Å². The smallest absolute Gasteiger partial charge is 0.410 e. The summed E-state index contributed by atoms with van der Waals surface area (Å²) in [4.78, 5) is 26.2. The molecule has 0 bridgehead atoms. The highest BCUT2D eigenvalue weighted by molar-refractivity contribution is 5.86. The van der Waals surface area contributed by atoms with Crippen LogP contribution in [0.15, 0.2) is 0 Å². The average Bonchev–Trinajstić information content (AvgIpc) is 2.95. The van der Waals surface area contributed by atoms with Crippen molar-refractivity contribution in [3.63, 3.8) is 0 Å². The molecule has 2 rings (SSSR count). The Morgan fingerprint density at radius 1 is 1.30 bits per heavy atom. The Morgan fingerprint density at radius 3 is 2.43 bits per heavy atom. The van der Waals surface area contributed by atoms with Crippen molar-refractivity contribution in [3.8, 4) is 0 Å². The van der Waals surface area contributed by atoms with Gasteiger partial charge in [-0.2, -0.15) is 0 Å². The molecule has 2 heterocycles. The van der Waals surface area contributed by atoms with Gasteiger partial charge in [0, 0.05) is 20.1 Å². The summed E-state index contributed by atoms with van der Waals surface area (Å²) in [7, 11) is 1.70.